The van der Waals surface area contributed by atoms with Crippen LogP contribution in [0.25, 0.3) is 0 Å². The normalized spacial score (nSPS) is 14.4. The first-order valence-electron chi connectivity index (χ1n) is 10.6. The van der Waals surface area contributed by atoms with E-state index >= 15 is 0 Å². The van der Waals surface area contributed by atoms with Gasteiger partial charge in [-0.3, -0.25) is 19.2 Å². The Morgan fingerprint density at radius 3 is 2.09 bits per heavy atom. The molecule has 0 aliphatic rings. The number of benzene rings is 1. The Morgan fingerprint density at radius 1 is 0.970 bits per heavy atom. The molecule has 0 saturated heterocycles. The second kappa shape index (κ2) is 14.3. The van der Waals surface area contributed by atoms with Crippen LogP contribution in [0.2, 0.25) is 0 Å². The molecule has 11 nitrogen and oxygen atoms in total. The van der Waals surface area contributed by atoms with Crippen LogP contribution >= 0.6 is 12.6 Å². The fraction of sp³-hybridized carbons (Fsp3) is 0.524. The summed E-state index contributed by atoms with van der Waals surface area (Å²) in [5.41, 5.74) is 12.2. The van der Waals surface area contributed by atoms with Gasteiger partial charge in [-0.05, 0) is 56.8 Å². The average molecular weight is 484 g/mol. The number of carbonyl (C=O) groups excluding carboxylic acids is 3. The van der Waals surface area contributed by atoms with Gasteiger partial charge in [0, 0.05) is 5.75 Å². The van der Waals surface area contributed by atoms with Gasteiger partial charge < -0.3 is 37.6 Å². The molecule has 1 aromatic rings. The zero-order valence-electron chi connectivity index (χ0n) is 18.5. The minimum absolute atomic E-state index is 0.0494. The molecule has 33 heavy (non-hydrogen) atoms. The van der Waals surface area contributed by atoms with Crippen LogP contribution in [-0.4, -0.2) is 70.4 Å². The summed E-state index contributed by atoms with van der Waals surface area (Å²) < 4.78 is 0. The van der Waals surface area contributed by atoms with Crippen molar-refractivity contribution in [3.8, 4) is 5.75 Å². The van der Waals surface area contributed by atoms with Crippen LogP contribution in [0.5, 0.6) is 5.75 Å². The fourth-order valence-corrected chi connectivity index (χ4v) is 3.12. The van der Waals surface area contributed by atoms with Crippen molar-refractivity contribution in [1.82, 2.24) is 16.0 Å². The van der Waals surface area contributed by atoms with Crippen LogP contribution < -0.4 is 27.4 Å². The Kier molecular flexibility index (Phi) is 12.3. The number of aliphatic carboxylic acids is 1. The largest absolute Gasteiger partial charge is 0.508 e. The Hall–Kier alpha value is -2.83. The number of aromatic hydroxyl groups is 1. The highest BCUT2D eigenvalue weighted by Crippen LogP contribution is 2.11. The lowest BCUT2D eigenvalue weighted by Crippen LogP contribution is -2.57. The number of phenols is 1. The van der Waals surface area contributed by atoms with E-state index in [2.05, 4.69) is 28.6 Å². The van der Waals surface area contributed by atoms with Crippen molar-refractivity contribution in [2.75, 3.05) is 12.3 Å². The molecule has 0 aromatic heterocycles. The minimum Gasteiger partial charge on any atom is -0.508 e. The lowest BCUT2D eigenvalue weighted by Gasteiger charge is -2.24. The summed E-state index contributed by atoms with van der Waals surface area (Å²) in [6.07, 6.45) is 1.58. The Balaban J connectivity index is 2.76. The van der Waals surface area contributed by atoms with E-state index in [0.717, 1.165) is 5.56 Å². The summed E-state index contributed by atoms with van der Waals surface area (Å²) in [5.74, 6) is -3.05. The third kappa shape index (κ3) is 10.1. The monoisotopic (exact) mass is 483 g/mol. The Bertz CT molecular complexity index is 807. The van der Waals surface area contributed by atoms with Gasteiger partial charge in [-0.25, -0.2) is 0 Å². The molecule has 0 aliphatic carbocycles. The van der Waals surface area contributed by atoms with Crippen molar-refractivity contribution in [2.45, 2.75) is 56.8 Å². The number of phenolic OH excluding ortho intramolecular Hbond substituents is 1. The van der Waals surface area contributed by atoms with Gasteiger partial charge in [0.2, 0.25) is 17.7 Å². The van der Waals surface area contributed by atoms with Crippen molar-refractivity contribution in [1.29, 1.82) is 0 Å². The molecular formula is C21H33N5O6S. The highest BCUT2D eigenvalue weighted by Gasteiger charge is 2.28. The molecule has 12 heteroatoms. The fourth-order valence-electron chi connectivity index (χ4n) is 2.86. The number of carbonyl (C=O) groups is 4. The number of hydrogen-bond acceptors (Lipinski definition) is 8. The third-order valence-electron chi connectivity index (χ3n) is 4.85. The van der Waals surface area contributed by atoms with Gasteiger partial charge in [-0.1, -0.05) is 12.1 Å². The highest BCUT2D eigenvalue weighted by molar-refractivity contribution is 7.80. The molecule has 0 radical (unpaired) electrons. The van der Waals surface area contributed by atoms with Gasteiger partial charge in [0.25, 0.3) is 0 Å². The predicted octanol–water partition coefficient (Wildman–Crippen LogP) is -1.12. The second-order valence-electron chi connectivity index (χ2n) is 7.63. The SMILES string of the molecule is CC(NC(=O)C(CCCCN)NC(=O)C(CS)NC(=O)C(N)Cc1ccc(O)cc1)C(=O)O. The molecule has 0 bridgehead atoms. The van der Waals surface area contributed by atoms with Crippen LogP contribution in [-0.2, 0) is 25.6 Å². The summed E-state index contributed by atoms with van der Waals surface area (Å²) in [4.78, 5) is 48.7. The average Bonchev–Trinajstić information content (AvgIpc) is 2.77. The molecule has 0 fully saturated rings. The molecule has 1 aromatic carbocycles. The van der Waals surface area contributed by atoms with Crippen LogP contribution in [0.15, 0.2) is 24.3 Å². The number of thiol groups is 1. The maximum atomic E-state index is 12.7. The molecule has 184 valence electrons. The second-order valence-corrected chi connectivity index (χ2v) is 8.00. The molecule has 3 amide bonds. The lowest BCUT2D eigenvalue weighted by atomic mass is 10.1. The zero-order valence-corrected chi connectivity index (χ0v) is 19.4. The van der Waals surface area contributed by atoms with E-state index < -0.39 is 47.9 Å². The Morgan fingerprint density at radius 2 is 1.55 bits per heavy atom. The first kappa shape index (κ1) is 28.2. The quantitative estimate of drug-likeness (QED) is 0.120. The van der Waals surface area contributed by atoms with Gasteiger partial charge in [-0.15, -0.1) is 0 Å². The first-order valence-corrected chi connectivity index (χ1v) is 11.2. The molecule has 0 saturated carbocycles. The summed E-state index contributed by atoms with van der Waals surface area (Å²) in [7, 11) is 0. The van der Waals surface area contributed by atoms with E-state index in [4.69, 9.17) is 16.6 Å². The van der Waals surface area contributed by atoms with Crippen molar-refractivity contribution >= 4 is 36.3 Å². The Labute approximate surface area is 198 Å². The van der Waals surface area contributed by atoms with Gasteiger partial charge in [0.15, 0.2) is 0 Å². The van der Waals surface area contributed by atoms with Crippen LogP contribution in [0.4, 0.5) is 0 Å². The number of carboxylic acids is 1. The molecule has 1 rings (SSSR count). The van der Waals surface area contributed by atoms with Gasteiger partial charge in [-0.2, -0.15) is 12.6 Å². The number of nitrogens with two attached hydrogens (primary N) is 2. The topological polar surface area (TPSA) is 197 Å². The van der Waals surface area contributed by atoms with Crippen molar-refractivity contribution < 1.29 is 29.4 Å². The van der Waals surface area contributed by atoms with Crippen molar-refractivity contribution in [2.24, 2.45) is 11.5 Å². The predicted molar refractivity (Wildman–Crippen MR) is 126 cm³/mol. The molecule has 0 spiro atoms. The van der Waals surface area contributed by atoms with Gasteiger partial charge in [0.05, 0.1) is 6.04 Å². The van der Waals surface area contributed by atoms with Gasteiger partial charge >= 0.3 is 5.97 Å². The van der Waals surface area contributed by atoms with E-state index in [9.17, 15) is 24.3 Å². The van der Waals surface area contributed by atoms with E-state index in [-0.39, 0.29) is 24.3 Å². The third-order valence-corrected chi connectivity index (χ3v) is 5.22. The van der Waals surface area contributed by atoms with Crippen molar-refractivity contribution in [3.63, 3.8) is 0 Å². The maximum Gasteiger partial charge on any atom is 0.325 e. The summed E-state index contributed by atoms with van der Waals surface area (Å²) in [5, 5.41) is 25.7. The van der Waals surface area contributed by atoms with Crippen LogP contribution in [0, 0.1) is 0 Å². The molecule has 4 unspecified atom stereocenters. The number of rotatable bonds is 14. The number of carboxylic acid groups (broad SMARTS) is 1. The van der Waals surface area contributed by atoms with E-state index in [1.54, 1.807) is 12.1 Å². The minimum atomic E-state index is -1.21. The summed E-state index contributed by atoms with van der Waals surface area (Å²) >= 11 is 4.11. The maximum absolute atomic E-state index is 12.7. The zero-order chi connectivity index (χ0) is 25.0. The lowest BCUT2D eigenvalue weighted by molar-refractivity contribution is -0.141. The number of amides is 3. The van der Waals surface area contributed by atoms with Gasteiger partial charge in [0.1, 0.15) is 23.9 Å². The van der Waals surface area contributed by atoms with E-state index in [1.807, 2.05) is 0 Å². The number of nitrogens with one attached hydrogen (secondary N) is 3. The summed E-state index contributed by atoms with van der Waals surface area (Å²) in [6, 6.07) is 2.07. The molecule has 0 aliphatic heterocycles. The van der Waals surface area contributed by atoms with E-state index in [1.165, 1.54) is 19.1 Å². The number of hydrogen-bond donors (Lipinski definition) is 8. The van der Waals surface area contributed by atoms with Crippen LogP contribution in [0.3, 0.4) is 0 Å². The highest BCUT2D eigenvalue weighted by atomic mass is 32.1. The van der Waals surface area contributed by atoms with Crippen LogP contribution in [0.1, 0.15) is 31.7 Å². The molecule has 4 atom stereocenters. The standard InChI is InChI=1S/C21H33N5O6S/c1-12(21(31)32)24-19(29)16(4-2-3-9-22)25-20(30)17(11-33)26-18(28)15(23)10-13-5-7-14(27)8-6-13/h5-8,12,15-17,27,33H,2-4,9-11,22-23H2,1H3,(H,24,29)(H,25,30)(H,26,28)(H,31,32). The smallest absolute Gasteiger partial charge is 0.325 e. The molecule has 9 N–H and O–H groups in total. The number of unbranched alkanes of at least 4 members (excludes halogenated alkanes) is 1. The van der Waals surface area contributed by atoms with E-state index in [0.29, 0.717) is 19.4 Å². The first-order chi connectivity index (χ1) is 15.6. The van der Waals surface area contributed by atoms with Crippen molar-refractivity contribution in [3.05, 3.63) is 29.8 Å². The molecular weight excluding hydrogens is 450 g/mol. The summed E-state index contributed by atoms with van der Waals surface area (Å²) in [6.45, 7) is 1.72. The molecule has 0 heterocycles.